The zero-order chi connectivity index (χ0) is 12.6. The van der Waals surface area contributed by atoms with Crippen LogP contribution in [0.25, 0.3) is 0 Å². The van der Waals surface area contributed by atoms with E-state index in [0.29, 0.717) is 5.75 Å². The molecular formula is C14H18O3. The van der Waals surface area contributed by atoms with Gasteiger partial charge in [-0.25, -0.2) is 0 Å². The minimum atomic E-state index is -0.820. The van der Waals surface area contributed by atoms with E-state index in [4.69, 9.17) is 4.74 Å². The van der Waals surface area contributed by atoms with Crippen LogP contribution in [0.4, 0.5) is 0 Å². The standard InChI is InChI=1S/C14H18O3/c1-9-4-7-11(12(8-9)17-3)14(2,13(15)16)10-5-6-10/h4,7-8,10H,5-6H2,1-3H3,(H,15,16). The van der Waals surface area contributed by atoms with Crippen molar-refractivity contribution in [2.45, 2.75) is 32.1 Å². The normalized spacial score (nSPS) is 18.5. The van der Waals surface area contributed by atoms with Crippen LogP contribution in [0.5, 0.6) is 5.75 Å². The fourth-order valence-corrected chi connectivity index (χ4v) is 2.40. The Morgan fingerprint density at radius 2 is 2.12 bits per heavy atom. The fraction of sp³-hybridized carbons (Fsp3) is 0.500. The lowest BCUT2D eigenvalue weighted by atomic mass is 9.77. The summed E-state index contributed by atoms with van der Waals surface area (Å²) < 4.78 is 5.34. The third kappa shape index (κ3) is 1.90. The number of hydrogen-bond acceptors (Lipinski definition) is 2. The summed E-state index contributed by atoms with van der Waals surface area (Å²) in [5.74, 6) is 0.153. The van der Waals surface area contributed by atoms with Crippen molar-refractivity contribution in [3.05, 3.63) is 29.3 Å². The van der Waals surface area contributed by atoms with Crippen molar-refractivity contribution in [3.8, 4) is 5.75 Å². The average molecular weight is 234 g/mol. The van der Waals surface area contributed by atoms with Crippen LogP contribution in [-0.2, 0) is 10.2 Å². The molecule has 1 fully saturated rings. The number of aliphatic carboxylic acids is 1. The number of aryl methyl sites for hydroxylation is 1. The molecule has 0 spiro atoms. The molecule has 0 aliphatic heterocycles. The van der Waals surface area contributed by atoms with Gasteiger partial charge in [-0.2, -0.15) is 0 Å². The summed E-state index contributed by atoms with van der Waals surface area (Å²) in [6, 6.07) is 5.74. The van der Waals surface area contributed by atoms with Gasteiger partial charge in [0.15, 0.2) is 0 Å². The van der Waals surface area contributed by atoms with E-state index in [1.54, 1.807) is 14.0 Å². The van der Waals surface area contributed by atoms with Gasteiger partial charge in [0.1, 0.15) is 5.75 Å². The molecule has 1 atom stereocenters. The molecule has 3 heteroatoms. The zero-order valence-electron chi connectivity index (χ0n) is 10.5. The van der Waals surface area contributed by atoms with Gasteiger partial charge in [0, 0.05) is 5.56 Å². The Morgan fingerprint density at radius 3 is 2.59 bits per heavy atom. The van der Waals surface area contributed by atoms with Crippen molar-refractivity contribution in [2.24, 2.45) is 5.92 Å². The summed E-state index contributed by atoms with van der Waals surface area (Å²) in [5, 5.41) is 9.53. The Hall–Kier alpha value is -1.51. The van der Waals surface area contributed by atoms with E-state index in [9.17, 15) is 9.90 Å². The fourth-order valence-electron chi connectivity index (χ4n) is 2.40. The maximum atomic E-state index is 11.6. The molecule has 0 amide bonds. The number of benzene rings is 1. The van der Waals surface area contributed by atoms with Gasteiger partial charge in [0.25, 0.3) is 0 Å². The number of methoxy groups -OCH3 is 1. The third-order valence-corrected chi connectivity index (χ3v) is 3.75. The van der Waals surface area contributed by atoms with Gasteiger partial charge in [-0.1, -0.05) is 12.1 Å². The van der Waals surface area contributed by atoms with Gasteiger partial charge >= 0.3 is 5.97 Å². The predicted molar refractivity (Wildman–Crippen MR) is 65.4 cm³/mol. The van der Waals surface area contributed by atoms with Gasteiger partial charge in [-0.15, -0.1) is 0 Å². The topological polar surface area (TPSA) is 46.5 Å². The molecule has 92 valence electrons. The Kier molecular flexibility index (Phi) is 2.86. The highest BCUT2D eigenvalue weighted by Gasteiger charge is 2.50. The van der Waals surface area contributed by atoms with Crippen LogP contribution < -0.4 is 4.74 Å². The molecule has 0 aromatic heterocycles. The van der Waals surface area contributed by atoms with Crippen LogP contribution in [0.1, 0.15) is 30.9 Å². The number of carboxylic acids is 1. The van der Waals surface area contributed by atoms with Gasteiger partial charge < -0.3 is 9.84 Å². The average Bonchev–Trinajstić information content (AvgIpc) is 3.11. The molecule has 1 aliphatic carbocycles. The molecule has 1 unspecified atom stereocenters. The summed E-state index contributed by atoms with van der Waals surface area (Å²) in [6.07, 6.45) is 1.97. The van der Waals surface area contributed by atoms with E-state index < -0.39 is 11.4 Å². The number of hydrogen-bond donors (Lipinski definition) is 1. The van der Waals surface area contributed by atoms with Crippen molar-refractivity contribution >= 4 is 5.97 Å². The first kappa shape index (κ1) is 12.0. The molecule has 1 N–H and O–H groups in total. The minimum absolute atomic E-state index is 0.233. The van der Waals surface area contributed by atoms with E-state index in [1.165, 1.54) is 0 Å². The van der Waals surface area contributed by atoms with E-state index in [1.807, 2.05) is 25.1 Å². The highest BCUT2D eigenvalue weighted by atomic mass is 16.5. The SMILES string of the molecule is COc1cc(C)ccc1C(C)(C(=O)O)C1CC1. The van der Waals surface area contributed by atoms with Crippen molar-refractivity contribution in [2.75, 3.05) is 7.11 Å². The summed E-state index contributed by atoms with van der Waals surface area (Å²) in [5.41, 5.74) is 1.05. The quantitative estimate of drug-likeness (QED) is 0.871. The Balaban J connectivity index is 2.53. The number of carboxylic acid groups (broad SMARTS) is 1. The first-order valence-corrected chi connectivity index (χ1v) is 5.88. The monoisotopic (exact) mass is 234 g/mol. The Bertz CT molecular complexity index is 449. The van der Waals surface area contributed by atoms with Crippen LogP contribution in [0.2, 0.25) is 0 Å². The van der Waals surface area contributed by atoms with Gasteiger partial charge in [-0.3, -0.25) is 4.79 Å². The predicted octanol–water partition coefficient (Wildman–Crippen LogP) is 2.76. The van der Waals surface area contributed by atoms with Gasteiger partial charge in [0.2, 0.25) is 0 Å². The molecule has 1 aromatic rings. The summed E-state index contributed by atoms with van der Waals surface area (Å²) in [6.45, 7) is 3.78. The molecule has 1 saturated carbocycles. The lowest BCUT2D eigenvalue weighted by Crippen LogP contribution is -2.35. The molecule has 0 radical (unpaired) electrons. The van der Waals surface area contributed by atoms with Crippen molar-refractivity contribution in [1.29, 1.82) is 0 Å². The number of rotatable bonds is 4. The van der Waals surface area contributed by atoms with Gasteiger partial charge in [-0.05, 0) is 44.2 Å². The van der Waals surface area contributed by atoms with Crippen molar-refractivity contribution < 1.29 is 14.6 Å². The van der Waals surface area contributed by atoms with Crippen molar-refractivity contribution in [1.82, 2.24) is 0 Å². The lowest BCUT2D eigenvalue weighted by molar-refractivity contribution is -0.144. The highest BCUT2D eigenvalue weighted by molar-refractivity contribution is 5.83. The summed E-state index contributed by atoms with van der Waals surface area (Å²) in [7, 11) is 1.59. The molecule has 0 bridgehead atoms. The molecule has 17 heavy (non-hydrogen) atoms. The second kappa shape index (κ2) is 4.06. The zero-order valence-corrected chi connectivity index (χ0v) is 10.5. The largest absolute Gasteiger partial charge is 0.496 e. The molecule has 0 saturated heterocycles. The number of ether oxygens (including phenoxy) is 1. The van der Waals surface area contributed by atoms with E-state index in [2.05, 4.69) is 0 Å². The van der Waals surface area contributed by atoms with Crippen LogP contribution in [0.15, 0.2) is 18.2 Å². The third-order valence-electron chi connectivity index (χ3n) is 3.75. The first-order valence-electron chi connectivity index (χ1n) is 5.88. The first-order chi connectivity index (χ1) is 8.00. The smallest absolute Gasteiger partial charge is 0.314 e. The van der Waals surface area contributed by atoms with E-state index >= 15 is 0 Å². The molecule has 1 aromatic carbocycles. The summed E-state index contributed by atoms with van der Waals surface area (Å²) >= 11 is 0. The van der Waals surface area contributed by atoms with Crippen molar-refractivity contribution in [3.63, 3.8) is 0 Å². The van der Waals surface area contributed by atoms with Gasteiger partial charge in [0.05, 0.1) is 12.5 Å². The second-order valence-corrected chi connectivity index (χ2v) is 4.99. The Labute approximate surface area is 101 Å². The molecule has 0 heterocycles. The molecule has 2 rings (SSSR count). The summed E-state index contributed by atoms with van der Waals surface area (Å²) in [4.78, 5) is 11.6. The van der Waals surface area contributed by atoms with Crippen LogP contribution in [-0.4, -0.2) is 18.2 Å². The molecular weight excluding hydrogens is 216 g/mol. The maximum Gasteiger partial charge on any atom is 0.314 e. The van der Waals surface area contributed by atoms with Crippen LogP contribution in [0, 0.1) is 12.8 Å². The molecule has 3 nitrogen and oxygen atoms in total. The lowest BCUT2D eigenvalue weighted by Gasteiger charge is -2.27. The number of carbonyl (C=O) groups is 1. The van der Waals surface area contributed by atoms with Crippen LogP contribution >= 0.6 is 0 Å². The van der Waals surface area contributed by atoms with E-state index in [0.717, 1.165) is 24.0 Å². The van der Waals surface area contributed by atoms with Crippen LogP contribution in [0.3, 0.4) is 0 Å². The highest BCUT2D eigenvalue weighted by Crippen LogP contribution is 2.49. The Morgan fingerprint density at radius 1 is 1.47 bits per heavy atom. The maximum absolute atomic E-state index is 11.6. The second-order valence-electron chi connectivity index (χ2n) is 4.99. The minimum Gasteiger partial charge on any atom is -0.496 e. The molecule has 1 aliphatic rings. The van der Waals surface area contributed by atoms with E-state index in [-0.39, 0.29) is 5.92 Å².